The lowest BCUT2D eigenvalue weighted by Gasteiger charge is -2.15. The van der Waals surface area contributed by atoms with Gasteiger partial charge in [0.1, 0.15) is 12.4 Å². The minimum absolute atomic E-state index is 0.115. The number of ether oxygens (including phenoxy) is 1. The van der Waals surface area contributed by atoms with Gasteiger partial charge in [0.05, 0.1) is 11.6 Å². The summed E-state index contributed by atoms with van der Waals surface area (Å²) in [6.07, 6.45) is -4.38. The molecule has 0 radical (unpaired) electrons. The number of halogens is 3. The number of rotatable bonds is 4. The van der Waals surface area contributed by atoms with Crippen LogP contribution in [0, 0.1) is 6.92 Å². The lowest BCUT2D eigenvalue weighted by Crippen LogP contribution is -2.19. The largest absolute Gasteiger partial charge is 0.492 e. The number of hydrogen-bond acceptors (Lipinski definition) is 2. The van der Waals surface area contributed by atoms with Crippen LogP contribution in [0.2, 0.25) is 0 Å². The van der Waals surface area contributed by atoms with E-state index < -0.39 is 11.7 Å². The Morgan fingerprint density at radius 2 is 1.76 bits per heavy atom. The molecular formula is C16H16F3NO. The van der Waals surface area contributed by atoms with Crippen molar-refractivity contribution in [3.05, 3.63) is 65.2 Å². The van der Waals surface area contributed by atoms with Crippen LogP contribution in [0.4, 0.5) is 13.2 Å². The fourth-order valence-electron chi connectivity index (χ4n) is 1.86. The van der Waals surface area contributed by atoms with Gasteiger partial charge in [-0.05, 0) is 30.7 Å². The first-order valence-corrected chi connectivity index (χ1v) is 6.48. The molecule has 0 heterocycles. The first kappa shape index (κ1) is 15.4. The highest BCUT2D eigenvalue weighted by Crippen LogP contribution is 2.31. The van der Waals surface area contributed by atoms with Crippen molar-refractivity contribution >= 4 is 0 Å². The second kappa shape index (κ2) is 6.18. The summed E-state index contributed by atoms with van der Waals surface area (Å²) in [4.78, 5) is 0. The van der Waals surface area contributed by atoms with Gasteiger partial charge in [0.15, 0.2) is 0 Å². The van der Waals surface area contributed by atoms with Crippen LogP contribution in [0.15, 0.2) is 48.5 Å². The van der Waals surface area contributed by atoms with E-state index in [4.69, 9.17) is 10.5 Å². The van der Waals surface area contributed by atoms with E-state index in [-0.39, 0.29) is 18.4 Å². The van der Waals surface area contributed by atoms with Crippen LogP contribution in [0.25, 0.3) is 0 Å². The summed E-state index contributed by atoms with van der Waals surface area (Å²) >= 11 is 0. The summed E-state index contributed by atoms with van der Waals surface area (Å²) in [5.41, 5.74) is 7.23. The molecule has 0 spiro atoms. The second-order valence-electron chi connectivity index (χ2n) is 4.85. The molecule has 0 fully saturated rings. The number of alkyl halides is 3. The molecule has 2 aromatic rings. The molecule has 5 heteroatoms. The Bertz CT molecular complexity index is 593. The standard InChI is InChI=1S/C16H16F3NO/c1-11-5-7-12(8-6-11)15(20)10-21-14-4-2-3-13(9-14)16(17,18)19/h2-9,15H,10,20H2,1H3. The highest BCUT2D eigenvalue weighted by atomic mass is 19.4. The van der Waals surface area contributed by atoms with Gasteiger partial charge in [-0.3, -0.25) is 0 Å². The van der Waals surface area contributed by atoms with E-state index in [0.29, 0.717) is 0 Å². The zero-order valence-electron chi connectivity index (χ0n) is 11.5. The van der Waals surface area contributed by atoms with Gasteiger partial charge in [0, 0.05) is 0 Å². The van der Waals surface area contributed by atoms with Crippen molar-refractivity contribution in [2.24, 2.45) is 5.73 Å². The molecule has 112 valence electrons. The van der Waals surface area contributed by atoms with Crippen molar-refractivity contribution in [2.75, 3.05) is 6.61 Å². The van der Waals surface area contributed by atoms with E-state index in [9.17, 15) is 13.2 Å². The Labute approximate surface area is 121 Å². The minimum atomic E-state index is -4.38. The molecule has 2 rings (SSSR count). The lowest BCUT2D eigenvalue weighted by atomic mass is 10.1. The quantitative estimate of drug-likeness (QED) is 0.922. The van der Waals surface area contributed by atoms with Crippen LogP contribution in [0.5, 0.6) is 5.75 Å². The molecule has 2 N–H and O–H groups in total. The molecule has 1 unspecified atom stereocenters. The highest BCUT2D eigenvalue weighted by Gasteiger charge is 2.30. The van der Waals surface area contributed by atoms with Gasteiger partial charge in [-0.1, -0.05) is 35.9 Å². The van der Waals surface area contributed by atoms with E-state index in [1.54, 1.807) is 0 Å². The van der Waals surface area contributed by atoms with Gasteiger partial charge < -0.3 is 10.5 Å². The Hall–Kier alpha value is -2.01. The fraction of sp³-hybridized carbons (Fsp3) is 0.250. The molecular weight excluding hydrogens is 279 g/mol. The predicted octanol–water partition coefficient (Wildman–Crippen LogP) is 4.09. The van der Waals surface area contributed by atoms with E-state index in [1.165, 1.54) is 12.1 Å². The first-order chi connectivity index (χ1) is 9.86. The van der Waals surface area contributed by atoms with Crippen LogP contribution in [0.3, 0.4) is 0 Å². The summed E-state index contributed by atoms with van der Waals surface area (Å²) in [6, 6.07) is 12.0. The third-order valence-corrected chi connectivity index (χ3v) is 3.10. The zero-order valence-corrected chi connectivity index (χ0v) is 11.5. The maximum absolute atomic E-state index is 12.6. The van der Waals surface area contributed by atoms with Crippen molar-refractivity contribution in [1.82, 2.24) is 0 Å². The molecule has 0 aliphatic rings. The Morgan fingerprint density at radius 1 is 1.10 bits per heavy atom. The minimum Gasteiger partial charge on any atom is -0.492 e. The molecule has 0 aliphatic carbocycles. The normalized spacial score (nSPS) is 13.0. The molecule has 0 aliphatic heterocycles. The molecule has 1 atom stereocenters. The van der Waals surface area contributed by atoms with E-state index >= 15 is 0 Å². The molecule has 0 aromatic heterocycles. The van der Waals surface area contributed by atoms with Crippen LogP contribution < -0.4 is 10.5 Å². The maximum atomic E-state index is 12.6. The van der Waals surface area contributed by atoms with Crippen LogP contribution in [0.1, 0.15) is 22.7 Å². The summed E-state index contributed by atoms with van der Waals surface area (Å²) < 4.78 is 43.1. The van der Waals surface area contributed by atoms with Crippen molar-refractivity contribution < 1.29 is 17.9 Å². The van der Waals surface area contributed by atoms with Crippen LogP contribution in [-0.2, 0) is 6.18 Å². The monoisotopic (exact) mass is 295 g/mol. The van der Waals surface area contributed by atoms with Gasteiger partial charge in [-0.25, -0.2) is 0 Å². The number of hydrogen-bond donors (Lipinski definition) is 1. The Kier molecular flexibility index (Phi) is 4.53. The molecule has 0 saturated heterocycles. The van der Waals surface area contributed by atoms with E-state index in [1.807, 2.05) is 31.2 Å². The van der Waals surface area contributed by atoms with Gasteiger partial charge in [0.2, 0.25) is 0 Å². The van der Waals surface area contributed by atoms with Crippen molar-refractivity contribution in [2.45, 2.75) is 19.1 Å². The number of benzene rings is 2. The Morgan fingerprint density at radius 3 is 2.38 bits per heavy atom. The van der Waals surface area contributed by atoms with Crippen molar-refractivity contribution in [1.29, 1.82) is 0 Å². The van der Waals surface area contributed by atoms with Gasteiger partial charge >= 0.3 is 6.18 Å². The molecule has 21 heavy (non-hydrogen) atoms. The lowest BCUT2D eigenvalue weighted by molar-refractivity contribution is -0.137. The van der Waals surface area contributed by atoms with E-state index in [0.717, 1.165) is 23.3 Å². The van der Waals surface area contributed by atoms with Crippen LogP contribution in [-0.4, -0.2) is 6.61 Å². The predicted molar refractivity (Wildman–Crippen MR) is 75.0 cm³/mol. The average Bonchev–Trinajstić information content (AvgIpc) is 2.45. The molecule has 0 saturated carbocycles. The summed E-state index contributed by atoms with van der Waals surface area (Å²) in [7, 11) is 0. The van der Waals surface area contributed by atoms with Gasteiger partial charge in [0.25, 0.3) is 0 Å². The third-order valence-electron chi connectivity index (χ3n) is 3.10. The molecule has 0 amide bonds. The van der Waals surface area contributed by atoms with Crippen molar-refractivity contribution in [3.8, 4) is 5.75 Å². The first-order valence-electron chi connectivity index (χ1n) is 6.48. The molecule has 2 nitrogen and oxygen atoms in total. The zero-order chi connectivity index (χ0) is 15.5. The van der Waals surface area contributed by atoms with Gasteiger partial charge in [-0.2, -0.15) is 13.2 Å². The highest BCUT2D eigenvalue weighted by molar-refractivity contribution is 5.30. The maximum Gasteiger partial charge on any atom is 0.416 e. The number of aryl methyl sites for hydroxylation is 1. The van der Waals surface area contributed by atoms with Gasteiger partial charge in [-0.15, -0.1) is 0 Å². The smallest absolute Gasteiger partial charge is 0.416 e. The van der Waals surface area contributed by atoms with E-state index in [2.05, 4.69) is 0 Å². The second-order valence-corrected chi connectivity index (χ2v) is 4.85. The topological polar surface area (TPSA) is 35.2 Å². The summed E-state index contributed by atoms with van der Waals surface area (Å²) in [6.45, 7) is 2.08. The molecule has 0 bridgehead atoms. The van der Waals surface area contributed by atoms with Crippen LogP contribution >= 0.6 is 0 Å². The van der Waals surface area contributed by atoms with Crippen molar-refractivity contribution in [3.63, 3.8) is 0 Å². The SMILES string of the molecule is Cc1ccc(C(N)COc2cccc(C(F)(F)F)c2)cc1. The fourth-order valence-corrected chi connectivity index (χ4v) is 1.86. The number of nitrogens with two attached hydrogens (primary N) is 1. The Balaban J connectivity index is 2.01. The summed E-state index contributed by atoms with van der Waals surface area (Å²) in [5, 5.41) is 0. The summed E-state index contributed by atoms with van der Waals surface area (Å²) in [5.74, 6) is 0.160. The molecule has 2 aromatic carbocycles. The third kappa shape index (κ3) is 4.23. The average molecular weight is 295 g/mol.